The Morgan fingerprint density at radius 3 is 2.34 bits per heavy atom. The van der Waals surface area contributed by atoms with Crippen molar-refractivity contribution in [2.45, 2.75) is 76.0 Å². The number of fused-ring (bicyclic) bond motifs is 1. The number of methoxy groups -OCH3 is 2. The van der Waals surface area contributed by atoms with Gasteiger partial charge < -0.3 is 30.4 Å². The number of nitrogens with one attached hydrogen (secondary N) is 2. The molecule has 0 unspecified atom stereocenters. The average Bonchev–Trinajstić information content (AvgIpc) is 3.53. The Kier molecular flexibility index (Phi) is 8.18. The number of benzene rings is 1. The van der Waals surface area contributed by atoms with Crippen LogP contribution in [-0.2, 0) is 6.54 Å². The molecule has 190 valence electrons. The van der Waals surface area contributed by atoms with Gasteiger partial charge in [-0.1, -0.05) is 18.9 Å². The van der Waals surface area contributed by atoms with Gasteiger partial charge >= 0.3 is 0 Å². The molecule has 2 aromatic heterocycles. The first-order valence-electron chi connectivity index (χ1n) is 12.4. The predicted octanol–water partition coefficient (Wildman–Crippen LogP) is 4.67. The van der Waals surface area contributed by atoms with Crippen LogP contribution in [0.5, 0.6) is 11.5 Å². The lowest BCUT2D eigenvalue weighted by molar-refractivity contribution is 0.386. The molecule has 5 rings (SSSR count). The number of anilines is 2. The van der Waals surface area contributed by atoms with Gasteiger partial charge in [0.15, 0.2) is 17.0 Å². The maximum absolute atomic E-state index is 6.11. The van der Waals surface area contributed by atoms with E-state index in [0.717, 1.165) is 53.9 Å². The third-order valence-electron chi connectivity index (χ3n) is 7.21. The number of halogens is 1. The van der Waals surface area contributed by atoms with E-state index in [9.17, 15) is 0 Å². The Bertz CT molecular complexity index is 1100. The lowest BCUT2D eigenvalue weighted by atomic mass is 9.92. The Morgan fingerprint density at radius 2 is 1.69 bits per heavy atom. The monoisotopic (exact) mass is 501 g/mol. The van der Waals surface area contributed by atoms with E-state index in [-0.39, 0.29) is 12.4 Å². The molecule has 1 aromatic carbocycles. The number of nitrogens with zero attached hydrogens (tertiary/aromatic N) is 4. The number of rotatable bonds is 8. The molecule has 9 nitrogen and oxygen atoms in total. The quantitative estimate of drug-likeness (QED) is 0.408. The molecule has 2 aliphatic rings. The van der Waals surface area contributed by atoms with Crippen LogP contribution < -0.4 is 25.8 Å². The molecule has 0 bridgehead atoms. The lowest BCUT2D eigenvalue weighted by Gasteiger charge is -2.27. The van der Waals surface area contributed by atoms with Crippen LogP contribution in [0, 0.1) is 0 Å². The van der Waals surface area contributed by atoms with Crippen molar-refractivity contribution in [2.24, 2.45) is 5.73 Å². The van der Waals surface area contributed by atoms with Gasteiger partial charge in [-0.15, -0.1) is 12.4 Å². The van der Waals surface area contributed by atoms with Crippen LogP contribution in [0.3, 0.4) is 0 Å². The summed E-state index contributed by atoms with van der Waals surface area (Å²) in [5, 5.41) is 7.07. The van der Waals surface area contributed by atoms with E-state index < -0.39 is 0 Å². The topological polar surface area (TPSA) is 112 Å². The Hall–Kier alpha value is -2.78. The van der Waals surface area contributed by atoms with Crippen LogP contribution in [0.4, 0.5) is 11.8 Å². The minimum Gasteiger partial charge on any atom is -0.496 e. The van der Waals surface area contributed by atoms with Crippen molar-refractivity contribution in [3.8, 4) is 11.5 Å². The minimum atomic E-state index is 0. The maximum atomic E-state index is 6.11. The molecule has 35 heavy (non-hydrogen) atoms. The molecule has 10 heteroatoms. The van der Waals surface area contributed by atoms with Gasteiger partial charge in [-0.05, 0) is 50.7 Å². The van der Waals surface area contributed by atoms with E-state index in [2.05, 4.69) is 15.2 Å². The molecule has 2 fully saturated rings. The van der Waals surface area contributed by atoms with Crippen LogP contribution in [0.25, 0.3) is 11.2 Å². The second-order valence-electron chi connectivity index (χ2n) is 9.41. The summed E-state index contributed by atoms with van der Waals surface area (Å²) in [6.45, 7) is 0.493. The number of ether oxygens (including phenoxy) is 2. The smallest absolute Gasteiger partial charge is 0.227 e. The van der Waals surface area contributed by atoms with Crippen LogP contribution in [0.15, 0.2) is 24.5 Å². The lowest BCUT2D eigenvalue weighted by Crippen LogP contribution is -2.33. The Balaban J connectivity index is 0.00000289. The number of imidazole rings is 1. The first-order valence-corrected chi connectivity index (χ1v) is 12.4. The summed E-state index contributed by atoms with van der Waals surface area (Å²) in [6, 6.07) is 6.88. The van der Waals surface area contributed by atoms with E-state index >= 15 is 0 Å². The first-order chi connectivity index (χ1) is 16.7. The zero-order chi connectivity index (χ0) is 23.5. The molecule has 4 N–H and O–H groups in total. The van der Waals surface area contributed by atoms with Crippen molar-refractivity contribution in [1.29, 1.82) is 0 Å². The van der Waals surface area contributed by atoms with E-state index in [1.807, 2.05) is 24.5 Å². The van der Waals surface area contributed by atoms with E-state index in [1.165, 1.54) is 25.7 Å². The van der Waals surface area contributed by atoms with Gasteiger partial charge in [0, 0.05) is 24.7 Å². The summed E-state index contributed by atoms with van der Waals surface area (Å²) in [5.41, 5.74) is 8.71. The van der Waals surface area contributed by atoms with Crippen molar-refractivity contribution >= 4 is 35.3 Å². The zero-order valence-electron chi connectivity index (χ0n) is 20.5. The fourth-order valence-electron chi connectivity index (χ4n) is 5.27. The summed E-state index contributed by atoms with van der Waals surface area (Å²) in [5.74, 6) is 2.89. The van der Waals surface area contributed by atoms with E-state index in [0.29, 0.717) is 36.4 Å². The Morgan fingerprint density at radius 1 is 1.00 bits per heavy atom. The standard InChI is InChI=1S/C25H35N7O2.ClH/c1-33-20-8-5-9-21(34-2)19(20)14-27-23-22-24(32(15-28-22)18-6-3-4-7-18)31-25(30-23)29-17-12-10-16(26)11-13-17;/h5,8-9,15-18H,3-4,6-7,10-14,26H2,1-2H3,(H2,27,29,30,31);1H. The third-order valence-corrected chi connectivity index (χ3v) is 7.21. The Labute approximate surface area is 212 Å². The summed E-state index contributed by atoms with van der Waals surface area (Å²) >= 11 is 0. The number of hydrogen-bond acceptors (Lipinski definition) is 8. The third kappa shape index (κ3) is 5.41. The second kappa shape index (κ2) is 11.3. The molecular weight excluding hydrogens is 466 g/mol. The van der Waals surface area contributed by atoms with Crippen molar-refractivity contribution in [3.63, 3.8) is 0 Å². The van der Waals surface area contributed by atoms with Crippen LogP contribution in [0.1, 0.15) is 63.0 Å². The summed E-state index contributed by atoms with van der Waals surface area (Å²) < 4.78 is 13.4. The van der Waals surface area contributed by atoms with Crippen molar-refractivity contribution in [3.05, 3.63) is 30.1 Å². The highest BCUT2D eigenvalue weighted by Gasteiger charge is 2.24. The van der Waals surface area contributed by atoms with E-state index in [1.54, 1.807) is 14.2 Å². The van der Waals surface area contributed by atoms with E-state index in [4.69, 9.17) is 30.2 Å². The fourth-order valence-corrected chi connectivity index (χ4v) is 5.27. The van der Waals surface area contributed by atoms with Gasteiger partial charge in [0.25, 0.3) is 0 Å². The molecule has 0 amide bonds. The molecule has 2 saturated carbocycles. The van der Waals surface area contributed by atoms with Crippen LogP contribution >= 0.6 is 12.4 Å². The fraction of sp³-hybridized carbons (Fsp3) is 0.560. The number of aromatic nitrogens is 4. The average molecular weight is 502 g/mol. The molecule has 0 spiro atoms. The molecule has 2 heterocycles. The molecule has 0 saturated heterocycles. The summed E-state index contributed by atoms with van der Waals surface area (Å²) in [7, 11) is 3.34. The van der Waals surface area contributed by atoms with Gasteiger partial charge in [0.2, 0.25) is 5.95 Å². The highest BCUT2D eigenvalue weighted by atomic mass is 35.5. The SMILES string of the molecule is COc1cccc(OC)c1CNc1nc(NC2CCC(N)CC2)nc2c1ncn2C1CCCC1.Cl. The molecule has 0 radical (unpaired) electrons. The molecule has 0 atom stereocenters. The van der Waals surface area contributed by atoms with Crippen LogP contribution in [-0.4, -0.2) is 45.8 Å². The number of hydrogen-bond donors (Lipinski definition) is 3. The second-order valence-corrected chi connectivity index (χ2v) is 9.41. The highest BCUT2D eigenvalue weighted by Crippen LogP contribution is 2.34. The zero-order valence-corrected chi connectivity index (χ0v) is 21.3. The van der Waals surface area contributed by atoms with Gasteiger partial charge in [-0.2, -0.15) is 9.97 Å². The van der Waals surface area contributed by atoms with Gasteiger partial charge in [-0.3, -0.25) is 0 Å². The van der Waals surface area contributed by atoms with Crippen molar-refractivity contribution < 1.29 is 9.47 Å². The first kappa shape index (κ1) is 25.3. The minimum absolute atomic E-state index is 0. The van der Waals surface area contributed by atoms with Crippen molar-refractivity contribution in [1.82, 2.24) is 19.5 Å². The largest absolute Gasteiger partial charge is 0.496 e. The molecule has 3 aromatic rings. The van der Waals surface area contributed by atoms with Gasteiger partial charge in [0.1, 0.15) is 11.5 Å². The van der Waals surface area contributed by atoms with Crippen LogP contribution in [0.2, 0.25) is 0 Å². The maximum Gasteiger partial charge on any atom is 0.227 e. The number of nitrogens with two attached hydrogens (primary N) is 1. The van der Waals surface area contributed by atoms with Gasteiger partial charge in [0.05, 0.1) is 26.1 Å². The highest BCUT2D eigenvalue weighted by molar-refractivity contribution is 5.85. The predicted molar refractivity (Wildman–Crippen MR) is 141 cm³/mol. The summed E-state index contributed by atoms with van der Waals surface area (Å²) in [6.07, 6.45) is 10.9. The molecule has 2 aliphatic carbocycles. The van der Waals surface area contributed by atoms with Crippen molar-refractivity contribution in [2.75, 3.05) is 24.9 Å². The summed E-state index contributed by atoms with van der Waals surface area (Å²) in [4.78, 5) is 14.5. The molecular formula is C25H36ClN7O2. The van der Waals surface area contributed by atoms with Gasteiger partial charge in [-0.25, -0.2) is 4.98 Å². The molecule has 0 aliphatic heterocycles. The normalized spacial score (nSPS) is 20.4.